The molecular formula is C23H25N3Na2O6S2. The number of hydrogen-bond donors (Lipinski definition) is 2. The smallest absolute Gasteiger partial charge is 0.258 e. The minimum absolute atomic E-state index is 0. The first-order chi connectivity index (χ1) is 16.0. The Morgan fingerprint density at radius 3 is 1.64 bits per heavy atom. The average molecular weight is 550 g/mol. The molecule has 1 atom stereocenters. The Labute approximate surface area is 255 Å². The van der Waals surface area contributed by atoms with E-state index in [4.69, 9.17) is 0 Å². The van der Waals surface area contributed by atoms with Crippen molar-refractivity contribution in [3.05, 3.63) is 99.6 Å². The number of non-ortho nitro benzene ring substituents is 1. The Morgan fingerprint density at radius 1 is 0.750 bits per heavy atom. The maximum atomic E-state index is 12.9. The zero-order chi connectivity index (χ0) is 24.9. The molecule has 2 radical (unpaired) electrons. The molecule has 1 unspecified atom stereocenters. The van der Waals surface area contributed by atoms with E-state index in [0.29, 0.717) is 5.56 Å². The van der Waals surface area contributed by atoms with Crippen molar-refractivity contribution in [3.63, 3.8) is 0 Å². The molecule has 182 valence electrons. The van der Waals surface area contributed by atoms with Crippen LogP contribution in [0.15, 0.2) is 82.6 Å². The van der Waals surface area contributed by atoms with E-state index in [1.165, 1.54) is 48.5 Å². The summed E-state index contributed by atoms with van der Waals surface area (Å²) < 4.78 is 56.4. The minimum atomic E-state index is -3.95. The number of nitro groups is 1. The number of sulfonamides is 2. The van der Waals surface area contributed by atoms with Gasteiger partial charge in [-0.2, -0.15) is 0 Å². The fourth-order valence-electron chi connectivity index (χ4n) is 3.21. The van der Waals surface area contributed by atoms with E-state index in [9.17, 15) is 26.9 Å². The van der Waals surface area contributed by atoms with E-state index < -0.39 is 31.0 Å². The predicted molar refractivity (Wildman–Crippen MR) is 140 cm³/mol. The SMILES string of the molecule is Cc1ccc(S(=O)(=O)NCC(Cc2ccc([N+](=O)[O-])cc2)NS(=O)(=O)c2ccc(C)cc2)cc1.[Na].[Na]. The summed E-state index contributed by atoms with van der Waals surface area (Å²) >= 11 is 0. The summed E-state index contributed by atoms with van der Waals surface area (Å²) in [6.45, 7) is 3.45. The first-order valence-corrected chi connectivity index (χ1v) is 13.3. The molecule has 0 saturated carbocycles. The van der Waals surface area contributed by atoms with Crippen LogP contribution >= 0.6 is 0 Å². The van der Waals surface area contributed by atoms with Gasteiger partial charge in [-0.1, -0.05) is 47.5 Å². The molecule has 3 aromatic rings. The molecule has 2 N–H and O–H groups in total. The second-order valence-electron chi connectivity index (χ2n) is 7.92. The standard InChI is InChI=1S/C23H25N3O6S2.2Na/c1-17-3-11-22(12-4-17)33(29,30)24-16-20(15-19-7-9-21(10-8-19)26(27)28)25-34(31,32)23-13-5-18(2)6-14-23;;/h3-14,20,24-25H,15-16H2,1-2H3;;. The molecule has 0 heterocycles. The largest absolute Gasteiger partial charge is 0.269 e. The Bertz CT molecular complexity index is 1360. The van der Waals surface area contributed by atoms with Crippen LogP contribution in [0.5, 0.6) is 0 Å². The van der Waals surface area contributed by atoms with Gasteiger partial charge in [-0.3, -0.25) is 10.1 Å². The van der Waals surface area contributed by atoms with Crippen molar-refractivity contribution < 1.29 is 21.8 Å². The molecule has 0 aromatic heterocycles. The van der Waals surface area contributed by atoms with Gasteiger partial charge in [0.1, 0.15) is 0 Å². The van der Waals surface area contributed by atoms with E-state index in [2.05, 4.69) is 9.44 Å². The van der Waals surface area contributed by atoms with Gasteiger partial charge in [-0.25, -0.2) is 26.3 Å². The molecule has 0 aliphatic rings. The van der Waals surface area contributed by atoms with Gasteiger partial charge < -0.3 is 0 Å². The summed E-state index contributed by atoms with van der Waals surface area (Å²) in [5.74, 6) is 0. The van der Waals surface area contributed by atoms with Crippen LogP contribution in [0.2, 0.25) is 0 Å². The zero-order valence-electron chi connectivity index (χ0n) is 20.6. The van der Waals surface area contributed by atoms with Crippen LogP contribution in [-0.2, 0) is 26.5 Å². The van der Waals surface area contributed by atoms with E-state index in [-0.39, 0.29) is 87.6 Å². The number of benzene rings is 3. The Balaban J connectivity index is 0.00000324. The molecule has 13 heteroatoms. The van der Waals surface area contributed by atoms with E-state index >= 15 is 0 Å². The van der Waals surface area contributed by atoms with Crippen molar-refractivity contribution in [3.8, 4) is 0 Å². The number of aryl methyl sites for hydroxylation is 2. The molecule has 0 fully saturated rings. The molecular weight excluding hydrogens is 524 g/mol. The second kappa shape index (κ2) is 14.1. The summed E-state index contributed by atoms with van der Waals surface area (Å²) in [5.41, 5.74) is 2.31. The van der Waals surface area contributed by atoms with Crippen molar-refractivity contribution in [2.75, 3.05) is 6.54 Å². The third kappa shape index (κ3) is 9.32. The number of rotatable bonds is 10. The van der Waals surface area contributed by atoms with Crippen molar-refractivity contribution in [1.82, 2.24) is 9.44 Å². The van der Waals surface area contributed by atoms with Gasteiger partial charge in [0.25, 0.3) is 5.69 Å². The van der Waals surface area contributed by atoms with E-state index in [1.807, 2.05) is 13.8 Å². The quantitative estimate of drug-likeness (QED) is 0.226. The van der Waals surface area contributed by atoms with Gasteiger partial charge in [0.15, 0.2) is 0 Å². The van der Waals surface area contributed by atoms with Gasteiger partial charge in [0.05, 0.1) is 14.7 Å². The Morgan fingerprint density at radius 2 is 1.19 bits per heavy atom. The average Bonchev–Trinajstić information content (AvgIpc) is 2.78. The molecule has 0 saturated heterocycles. The zero-order valence-corrected chi connectivity index (χ0v) is 26.3. The van der Waals surface area contributed by atoms with Gasteiger partial charge in [-0.05, 0) is 50.1 Å². The fraction of sp³-hybridized carbons (Fsp3) is 0.217. The van der Waals surface area contributed by atoms with Crippen LogP contribution in [-0.4, -0.2) is 93.5 Å². The van der Waals surface area contributed by atoms with E-state index in [1.54, 1.807) is 24.3 Å². The summed E-state index contributed by atoms with van der Waals surface area (Å²) in [5, 5.41) is 10.9. The van der Waals surface area contributed by atoms with Crippen LogP contribution in [0.25, 0.3) is 0 Å². The van der Waals surface area contributed by atoms with Gasteiger partial charge in [0, 0.05) is 83.8 Å². The van der Waals surface area contributed by atoms with Crippen LogP contribution < -0.4 is 9.44 Å². The number of nitro benzene ring substituents is 1. The van der Waals surface area contributed by atoms with E-state index in [0.717, 1.165) is 11.1 Å². The second-order valence-corrected chi connectivity index (χ2v) is 11.4. The molecule has 3 rings (SSSR count). The first-order valence-electron chi connectivity index (χ1n) is 10.3. The molecule has 3 aromatic carbocycles. The van der Waals surface area contributed by atoms with Crippen molar-refractivity contribution in [1.29, 1.82) is 0 Å². The topological polar surface area (TPSA) is 135 Å². The molecule has 0 aliphatic carbocycles. The maximum Gasteiger partial charge on any atom is 0.269 e. The third-order valence-electron chi connectivity index (χ3n) is 5.13. The summed E-state index contributed by atoms with van der Waals surface area (Å²) in [7, 11) is -7.83. The number of nitrogens with zero attached hydrogens (tertiary/aromatic N) is 1. The van der Waals surface area contributed by atoms with Crippen LogP contribution in [0.1, 0.15) is 16.7 Å². The summed E-state index contributed by atoms with van der Waals surface area (Å²) in [4.78, 5) is 10.5. The van der Waals surface area contributed by atoms with Gasteiger partial charge >= 0.3 is 0 Å². The van der Waals surface area contributed by atoms with Gasteiger partial charge in [-0.15, -0.1) is 0 Å². The third-order valence-corrected chi connectivity index (χ3v) is 8.11. The maximum absolute atomic E-state index is 12.9. The monoisotopic (exact) mass is 549 g/mol. The molecule has 0 amide bonds. The molecule has 0 bridgehead atoms. The van der Waals surface area contributed by atoms with Crippen molar-refractivity contribution in [2.45, 2.75) is 36.1 Å². The number of hydrogen-bond acceptors (Lipinski definition) is 6. The van der Waals surface area contributed by atoms with Crippen LogP contribution in [0.4, 0.5) is 5.69 Å². The van der Waals surface area contributed by atoms with Crippen LogP contribution in [0, 0.1) is 24.0 Å². The van der Waals surface area contributed by atoms with Crippen LogP contribution in [0.3, 0.4) is 0 Å². The molecule has 0 spiro atoms. The normalized spacial score (nSPS) is 12.2. The van der Waals surface area contributed by atoms with Gasteiger partial charge in [0.2, 0.25) is 20.0 Å². The Hall–Kier alpha value is -1.12. The summed E-state index contributed by atoms with van der Waals surface area (Å²) in [6.07, 6.45) is 0.111. The molecule has 36 heavy (non-hydrogen) atoms. The minimum Gasteiger partial charge on any atom is -0.258 e. The first kappa shape index (κ1) is 32.9. The molecule has 9 nitrogen and oxygen atoms in total. The fourth-order valence-corrected chi connectivity index (χ4v) is 5.53. The summed E-state index contributed by atoms with van der Waals surface area (Å²) in [6, 6.07) is 17.4. The number of nitrogens with one attached hydrogen (secondary N) is 2. The van der Waals surface area contributed by atoms with Crippen molar-refractivity contribution >= 4 is 84.8 Å². The molecule has 0 aliphatic heterocycles. The predicted octanol–water partition coefficient (Wildman–Crippen LogP) is 2.32. The van der Waals surface area contributed by atoms with Crippen molar-refractivity contribution in [2.24, 2.45) is 0 Å². The Kier molecular flexibility index (Phi) is 12.9.